The number of hydrogen-bond donors (Lipinski definition) is 3. The lowest BCUT2D eigenvalue weighted by Crippen LogP contribution is -2.30. The number of hydrogen-bond acceptors (Lipinski definition) is 15. The average Bonchev–Trinajstić information content (AvgIpc) is 3.00. The van der Waals surface area contributed by atoms with E-state index in [1.165, 1.54) is 205 Å². The molecule has 0 aliphatic heterocycles. The van der Waals surface area contributed by atoms with Crippen LogP contribution < -0.4 is 0 Å². The standard InChI is InChI=1S/C73H142O17P2/c1-6-9-12-15-18-21-24-27-32-37-42-47-52-57-71(76)84-63-69(90-73(78)59-54-49-44-39-34-29-30-35-40-45-50-55-66(4)5)65-88-92(81,82)86-61-67(74)60-85-91(79,80)87-64-68(62-83-70(75)56-51-46-41-36-31-26-23-20-17-14-11-8-3)89-72(77)58-53-48-43-38-33-28-25-22-19-16-13-10-7-2/h66-69,74H,6-65H2,1-5H3,(H,79,80)(H,81,82)/t67-,68+,69+/m0/s1. The number of unbranched alkanes of at least 4 members (excludes halogenated alkanes) is 45. The van der Waals surface area contributed by atoms with Gasteiger partial charge in [0.05, 0.1) is 26.4 Å². The van der Waals surface area contributed by atoms with Crippen molar-refractivity contribution in [2.45, 2.75) is 400 Å². The first-order chi connectivity index (χ1) is 44.5. The molecular formula is C73H142O17P2. The molecule has 0 amide bonds. The van der Waals surface area contributed by atoms with Gasteiger partial charge in [0.1, 0.15) is 19.3 Å². The lowest BCUT2D eigenvalue weighted by molar-refractivity contribution is -0.161. The topological polar surface area (TPSA) is 237 Å². The maximum Gasteiger partial charge on any atom is 0.472 e. The molecule has 0 aromatic carbocycles. The molecule has 3 N–H and O–H groups in total. The van der Waals surface area contributed by atoms with Gasteiger partial charge < -0.3 is 33.8 Å². The normalized spacial score (nSPS) is 14.0. The zero-order valence-electron chi connectivity index (χ0n) is 59.7. The van der Waals surface area contributed by atoms with Crippen molar-refractivity contribution < 1.29 is 80.2 Å². The van der Waals surface area contributed by atoms with Gasteiger partial charge in [0, 0.05) is 25.7 Å². The van der Waals surface area contributed by atoms with Crippen LogP contribution in [0.25, 0.3) is 0 Å². The van der Waals surface area contributed by atoms with Gasteiger partial charge in [-0.2, -0.15) is 0 Å². The van der Waals surface area contributed by atoms with Crippen LogP contribution in [0.2, 0.25) is 0 Å². The summed E-state index contributed by atoms with van der Waals surface area (Å²) in [4.78, 5) is 72.7. The summed E-state index contributed by atoms with van der Waals surface area (Å²) in [7, 11) is -9.90. The van der Waals surface area contributed by atoms with Crippen molar-refractivity contribution in [1.29, 1.82) is 0 Å². The first kappa shape index (κ1) is 90.1. The highest BCUT2D eigenvalue weighted by Gasteiger charge is 2.30. The number of ether oxygens (including phenoxy) is 4. The van der Waals surface area contributed by atoms with Crippen LogP contribution in [0.5, 0.6) is 0 Å². The molecule has 0 aliphatic rings. The van der Waals surface area contributed by atoms with Crippen molar-refractivity contribution in [2.24, 2.45) is 5.92 Å². The van der Waals surface area contributed by atoms with Crippen LogP contribution in [0.3, 0.4) is 0 Å². The summed E-state index contributed by atoms with van der Waals surface area (Å²) >= 11 is 0. The van der Waals surface area contributed by atoms with Crippen LogP contribution in [-0.4, -0.2) is 96.7 Å². The van der Waals surface area contributed by atoms with Gasteiger partial charge in [-0.1, -0.05) is 330 Å². The Morgan fingerprint density at radius 2 is 0.500 bits per heavy atom. The lowest BCUT2D eigenvalue weighted by atomic mass is 10.0. The van der Waals surface area contributed by atoms with E-state index < -0.39 is 97.5 Å². The van der Waals surface area contributed by atoms with Crippen LogP contribution in [-0.2, 0) is 65.4 Å². The fourth-order valence-electron chi connectivity index (χ4n) is 11.2. The number of aliphatic hydroxyl groups is 1. The fraction of sp³-hybridized carbons (Fsp3) is 0.945. The predicted molar refractivity (Wildman–Crippen MR) is 372 cm³/mol. The van der Waals surface area contributed by atoms with Crippen molar-refractivity contribution in [1.82, 2.24) is 0 Å². The molecule has 0 aliphatic carbocycles. The SMILES string of the molecule is CCCCCCCCCCCCCCCC(=O)OC[C@H](COP(=O)(O)OC[C@@H](O)COP(=O)(O)OC[C@@H](COC(=O)CCCCCCCCCCCCCC)OC(=O)CCCCCCCCCCCCCCC)OC(=O)CCCCCCCCCCCCCC(C)C. The molecule has 0 saturated carbocycles. The summed E-state index contributed by atoms with van der Waals surface area (Å²) in [5, 5.41) is 10.6. The van der Waals surface area contributed by atoms with Crippen molar-refractivity contribution in [3.05, 3.63) is 0 Å². The van der Waals surface area contributed by atoms with Crippen LogP contribution in [0, 0.1) is 5.92 Å². The van der Waals surface area contributed by atoms with Crippen LogP contribution >= 0.6 is 15.6 Å². The van der Waals surface area contributed by atoms with Crippen molar-refractivity contribution in [2.75, 3.05) is 39.6 Å². The Morgan fingerprint density at radius 1 is 0.293 bits per heavy atom. The Balaban J connectivity index is 5.26. The summed E-state index contributed by atoms with van der Waals surface area (Å²) in [6.45, 7) is 7.28. The second-order valence-corrected chi connectivity index (χ2v) is 29.7. The molecule has 0 spiro atoms. The maximum absolute atomic E-state index is 13.0. The molecule has 0 radical (unpaired) electrons. The van der Waals surface area contributed by atoms with Crippen molar-refractivity contribution in [3.63, 3.8) is 0 Å². The highest BCUT2D eigenvalue weighted by Crippen LogP contribution is 2.45. The Morgan fingerprint density at radius 3 is 0.739 bits per heavy atom. The van der Waals surface area contributed by atoms with E-state index in [0.29, 0.717) is 25.7 Å². The summed E-state index contributed by atoms with van der Waals surface area (Å²) in [5.74, 6) is -1.35. The van der Waals surface area contributed by atoms with Gasteiger partial charge in [-0.3, -0.25) is 37.3 Å². The Labute approximate surface area is 562 Å². The molecule has 17 nitrogen and oxygen atoms in total. The predicted octanol–water partition coefficient (Wildman–Crippen LogP) is 21.3. The van der Waals surface area contributed by atoms with E-state index in [4.69, 9.17) is 37.0 Å². The number of aliphatic hydroxyl groups excluding tert-OH is 1. The first-order valence-corrected chi connectivity index (χ1v) is 41.1. The van der Waals surface area contributed by atoms with Crippen molar-refractivity contribution in [3.8, 4) is 0 Å². The molecule has 2 unspecified atom stereocenters. The third kappa shape index (κ3) is 66.7. The Hall–Kier alpha value is -1.94. The van der Waals surface area contributed by atoms with Gasteiger partial charge in [0.2, 0.25) is 0 Å². The molecule has 0 aromatic heterocycles. The van der Waals surface area contributed by atoms with Gasteiger partial charge in [-0.05, 0) is 31.6 Å². The molecule has 19 heteroatoms. The zero-order chi connectivity index (χ0) is 67.7. The second kappa shape index (κ2) is 66.3. The summed E-state index contributed by atoms with van der Waals surface area (Å²) in [6, 6.07) is 0. The minimum atomic E-state index is -4.95. The smallest absolute Gasteiger partial charge is 0.462 e. The summed E-state index contributed by atoms with van der Waals surface area (Å²) < 4.78 is 68.4. The molecule has 92 heavy (non-hydrogen) atoms. The minimum absolute atomic E-state index is 0.107. The minimum Gasteiger partial charge on any atom is -0.462 e. The fourth-order valence-corrected chi connectivity index (χ4v) is 12.8. The Kier molecular flexibility index (Phi) is 64.9. The third-order valence-electron chi connectivity index (χ3n) is 17.0. The molecule has 546 valence electrons. The molecule has 0 heterocycles. The quantitative estimate of drug-likeness (QED) is 0.0222. The van der Waals surface area contributed by atoms with E-state index in [-0.39, 0.29) is 25.7 Å². The number of carbonyl (C=O) groups excluding carboxylic acids is 4. The molecule has 5 atom stereocenters. The highest BCUT2D eigenvalue weighted by atomic mass is 31.2. The monoisotopic (exact) mass is 1350 g/mol. The number of carbonyl (C=O) groups is 4. The zero-order valence-corrected chi connectivity index (χ0v) is 61.5. The molecular weight excluding hydrogens is 1210 g/mol. The van der Waals surface area contributed by atoms with Crippen molar-refractivity contribution >= 4 is 39.5 Å². The van der Waals surface area contributed by atoms with Crippen LogP contribution in [0.15, 0.2) is 0 Å². The second-order valence-electron chi connectivity index (χ2n) is 26.8. The number of rotatable bonds is 73. The Bertz CT molecular complexity index is 1770. The van der Waals surface area contributed by atoms with E-state index in [9.17, 15) is 43.2 Å². The third-order valence-corrected chi connectivity index (χ3v) is 18.9. The number of esters is 4. The van der Waals surface area contributed by atoms with Gasteiger partial charge >= 0.3 is 39.5 Å². The maximum atomic E-state index is 13.0. The molecule has 0 saturated heterocycles. The van der Waals surface area contributed by atoms with E-state index in [1.54, 1.807) is 0 Å². The number of phosphoric acid groups is 2. The highest BCUT2D eigenvalue weighted by molar-refractivity contribution is 7.47. The van der Waals surface area contributed by atoms with Gasteiger partial charge in [0.15, 0.2) is 12.2 Å². The van der Waals surface area contributed by atoms with E-state index >= 15 is 0 Å². The van der Waals surface area contributed by atoms with E-state index in [2.05, 4.69) is 34.6 Å². The van der Waals surface area contributed by atoms with Crippen LogP contribution in [0.4, 0.5) is 0 Å². The average molecular weight is 1350 g/mol. The molecule has 0 fully saturated rings. The van der Waals surface area contributed by atoms with Gasteiger partial charge in [-0.25, -0.2) is 9.13 Å². The van der Waals surface area contributed by atoms with Gasteiger partial charge in [-0.15, -0.1) is 0 Å². The van der Waals surface area contributed by atoms with Gasteiger partial charge in [0.25, 0.3) is 0 Å². The van der Waals surface area contributed by atoms with E-state index in [0.717, 1.165) is 95.8 Å². The number of phosphoric ester groups is 2. The first-order valence-electron chi connectivity index (χ1n) is 38.1. The summed E-state index contributed by atoms with van der Waals surface area (Å²) in [6.07, 6.45) is 53.8. The van der Waals surface area contributed by atoms with Crippen LogP contribution in [0.1, 0.15) is 381 Å². The molecule has 0 aromatic rings. The van der Waals surface area contributed by atoms with E-state index in [1.807, 2.05) is 0 Å². The summed E-state index contributed by atoms with van der Waals surface area (Å²) in [5.41, 5.74) is 0. The molecule has 0 rings (SSSR count). The molecule has 0 bridgehead atoms. The lowest BCUT2D eigenvalue weighted by Gasteiger charge is -2.21. The largest absolute Gasteiger partial charge is 0.472 e.